The van der Waals surface area contributed by atoms with Gasteiger partial charge in [-0.2, -0.15) is 11.8 Å². The van der Waals surface area contributed by atoms with Crippen LogP contribution < -0.4 is 10.5 Å². The fourth-order valence-corrected chi connectivity index (χ4v) is 2.22. The zero-order chi connectivity index (χ0) is 11.8. The Kier molecular flexibility index (Phi) is 6.30. The largest absolute Gasteiger partial charge is 0.497 e. The molecule has 4 heteroatoms. The van der Waals surface area contributed by atoms with Crippen LogP contribution in [0.15, 0.2) is 24.3 Å². The summed E-state index contributed by atoms with van der Waals surface area (Å²) in [6.45, 7) is 0.773. The predicted octanol–water partition coefficient (Wildman–Crippen LogP) is 2.07. The van der Waals surface area contributed by atoms with Crippen LogP contribution in [0.25, 0.3) is 0 Å². The Hall–Kier alpha value is -0.710. The molecule has 3 nitrogen and oxygen atoms in total. The van der Waals surface area contributed by atoms with Crippen LogP contribution in [-0.2, 0) is 4.74 Å². The minimum atomic E-state index is 0.0527. The lowest BCUT2D eigenvalue weighted by Crippen LogP contribution is -2.13. The lowest BCUT2D eigenvalue weighted by atomic mass is 10.1. The van der Waals surface area contributed by atoms with Gasteiger partial charge < -0.3 is 15.2 Å². The maximum atomic E-state index is 6.08. The summed E-state index contributed by atoms with van der Waals surface area (Å²) in [4.78, 5) is 0. The zero-order valence-electron chi connectivity index (χ0n) is 9.81. The standard InChI is InChI=1S/C12H19NO2S/c1-14-6-7-16-9-12(13)10-4-3-5-11(8-10)15-2/h3-5,8,12H,6-7,9,13H2,1-2H3. The second-order valence-corrected chi connectivity index (χ2v) is 4.60. The zero-order valence-corrected chi connectivity index (χ0v) is 10.6. The number of thioether (sulfide) groups is 1. The first-order chi connectivity index (χ1) is 7.77. The smallest absolute Gasteiger partial charge is 0.119 e. The molecule has 0 saturated heterocycles. The highest BCUT2D eigenvalue weighted by atomic mass is 32.2. The summed E-state index contributed by atoms with van der Waals surface area (Å²) in [7, 11) is 3.38. The molecule has 0 radical (unpaired) electrons. The Morgan fingerprint density at radius 3 is 2.88 bits per heavy atom. The fraction of sp³-hybridized carbons (Fsp3) is 0.500. The Morgan fingerprint density at radius 2 is 2.19 bits per heavy atom. The van der Waals surface area contributed by atoms with Gasteiger partial charge in [0.05, 0.1) is 13.7 Å². The molecule has 90 valence electrons. The molecule has 1 aromatic carbocycles. The molecule has 0 aliphatic rings. The van der Waals surface area contributed by atoms with E-state index in [1.807, 2.05) is 24.3 Å². The summed E-state index contributed by atoms with van der Waals surface area (Å²) in [5.74, 6) is 2.74. The van der Waals surface area contributed by atoms with Crippen LogP contribution in [0, 0.1) is 0 Å². The molecule has 2 N–H and O–H groups in total. The molecule has 0 saturated carbocycles. The number of hydrogen-bond acceptors (Lipinski definition) is 4. The van der Waals surface area contributed by atoms with E-state index in [1.165, 1.54) is 0 Å². The molecular weight excluding hydrogens is 222 g/mol. The van der Waals surface area contributed by atoms with Crippen molar-refractivity contribution in [1.82, 2.24) is 0 Å². The number of nitrogens with two attached hydrogens (primary N) is 1. The Morgan fingerprint density at radius 1 is 1.38 bits per heavy atom. The topological polar surface area (TPSA) is 44.5 Å². The van der Waals surface area contributed by atoms with E-state index in [9.17, 15) is 0 Å². The lowest BCUT2D eigenvalue weighted by Gasteiger charge is -2.12. The van der Waals surface area contributed by atoms with Gasteiger partial charge >= 0.3 is 0 Å². The van der Waals surface area contributed by atoms with E-state index >= 15 is 0 Å². The number of rotatable bonds is 7. The van der Waals surface area contributed by atoms with Gasteiger partial charge in [0.1, 0.15) is 5.75 Å². The molecule has 0 fully saturated rings. The average Bonchev–Trinajstić information content (AvgIpc) is 2.34. The average molecular weight is 241 g/mol. The molecule has 0 heterocycles. The molecule has 0 spiro atoms. The molecule has 0 aliphatic heterocycles. The van der Waals surface area contributed by atoms with Gasteiger partial charge in [0.25, 0.3) is 0 Å². The van der Waals surface area contributed by atoms with Crippen molar-refractivity contribution >= 4 is 11.8 Å². The van der Waals surface area contributed by atoms with Crippen molar-refractivity contribution in [3.05, 3.63) is 29.8 Å². The molecule has 1 aromatic rings. The summed E-state index contributed by atoms with van der Waals surface area (Å²) < 4.78 is 10.1. The summed E-state index contributed by atoms with van der Waals surface area (Å²) in [6.07, 6.45) is 0. The summed E-state index contributed by atoms with van der Waals surface area (Å²) in [5, 5.41) is 0. The third-order valence-corrected chi connectivity index (χ3v) is 3.30. The molecule has 0 bridgehead atoms. The van der Waals surface area contributed by atoms with Crippen LogP contribution in [0.3, 0.4) is 0 Å². The maximum absolute atomic E-state index is 6.08. The van der Waals surface area contributed by atoms with Gasteiger partial charge in [-0.05, 0) is 17.7 Å². The van der Waals surface area contributed by atoms with Crippen LogP contribution in [0.2, 0.25) is 0 Å². The third-order valence-electron chi connectivity index (χ3n) is 2.25. The number of ether oxygens (including phenoxy) is 2. The Balaban J connectivity index is 2.42. The molecule has 0 amide bonds. The summed E-state index contributed by atoms with van der Waals surface area (Å²) >= 11 is 1.80. The fourth-order valence-electron chi connectivity index (χ4n) is 1.32. The van der Waals surface area contributed by atoms with Gasteiger partial charge in [-0.15, -0.1) is 0 Å². The van der Waals surface area contributed by atoms with Crippen molar-refractivity contribution in [2.75, 3.05) is 32.3 Å². The van der Waals surface area contributed by atoms with Crippen molar-refractivity contribution < 1.29 is 9.47 Å². The van der Waals surface area contributed by atoms with Gasteiger partial charge in [0.15, 0.2) is 0 Å². The van der Waals surface area contributed by atoms with Gasteiger partial charge in [0.2, 0.25) is 0 Å². The molecule has 1 unspecified atom stereocenters. The van der Waals surface area contributed by atoms with E-state index < -0.39 is 0 Å². The van der Waals surface area contributed by atoms with Crippen molar-refractivity contribution in [2.45, 2.75) is 6.04 Å². The Labute approximate surface area is 101 Å². The molecule has 1 rings (SSSR count). The normalized spacial score (nSPS) is 12.4. The van der Waals surface area contributed by atoms with E-state index in [0.717, 1.165) is 29.4 Å². The summed E-state index contributed by atoms with van der Waals surface area (Å²) in [5.41, 5.74) is 7.20. The van der Waals surface area contributed by atoms with Crippen LogP contribution in [0.1, 0.15) is 11.6 Å². The van der Waals surface area contributed by atoms with Crippen molar-refractivity contribution in [1.29, 1.82) is 0 Å². The van der Waals surface area contributed by atoms with Crippen LogP contribution in [0.4, 0.5) is 0 Å². The highest BCUT2D eigenvalue weighted by Gasteiger charge is 2.06. The Bertz CT molecular complexity index is 307. The quantitative estimate of drug-likeness (QED) is 0.742. The van der Waals surface area contributed by atoms with E-state index in [0.29, 0.717) is 0 Å². The highest BCUT2D eigenvalue weighted by molar-refractivity contribution is 7.99. The predicted molar refractivity (Wildman–Crippen MR) is 69.1 cm³/mol. The monoisotopic (exact) mass is 241 g/mol. The van der Waals surface area contributed by atoms with E-state index in [4.69, 9.17) is 15.2 Å². The van der Waals surface area contributed by atoms with Gasteiger partial charge in [-0.3, -0.25) is 0 Å². The first-order valence-corrected chi connectivity index (χ1v) is 6.39. The van der Waals surface area contributed by atoms with Gasteiger partial charge in [-0.1, -0.05) is 12.1 Å². The maximum Gasteiger partial charge on any atom is 0.119 e. The molecular formula is C12H19NO2S. The number of methoxy groups -OCH3 is 2. The second-order valence-electron chi connectivity index (χ2n) is 3.45. The SMILES string of the molecule is COCCSCC(N)c1cccc(OC)c1. The van der Waals surface area contributed by atoms with E-state index in [-0.39, 0.29) is 6.04 Å². The second kappa shape index (κ2) is 7.54. The third kappa shape index (κ3) is 4.43. The number of benzene rings is 1. The minimum absolute atomic E-state index is 0.0527. The highest BCUT2D eigenvalue weighted by Crippen LogP contribution is 2.20. The minimum Gasteiger partial charge on any atom is -0.497 e. The van der Waals surface area contributed by atoms with Crippen molar-refractivity contribution in [2.24, 2.45) is 5.73 Å². The molecule has 1 atom stereocenters. The van der Waals surface area contributed by atoms with Crippen molar-refractivity contribution in [3.63, 3.8) is 0 Å². The first-order valence-electron chi connectivity index (χ1n) is 5.24. The van der Waals surface area contributed by atoms with E-state index in [1.54, 1.807) is 26.0 Å². The number of hydrogen-bond donors (Lipinski definition) is 1. The first kappa shape index (κ1) is 13.4. The van der Waals surface area contributed by atoms with Gasteiger partial charge in [0, 0.05) is 24.7 Å². The van der Waals surface area contributed by atoms with E-state index in [2.05, 4.69) is 0 Å². The van der Waals surface area contributed by atoms with Crippen LogP contribution in [0.5, 0.6) is 5.75 Å². The molecule has 0 aliphatic carbocycles. The van der Waals surface area contributed by atoms with Crippen LogP contribution >= 0.6 is 11.8 Å². The summed E-state index contributed by atoms with van der Waals surface area (Å²) in [6, 6.07) is 7.96. The lowest BCUT2D eigenvalue weighted by molar-refractivity contribution is 0.218. The van der Waals surface area contributed by atoms with Gasteiger partial charge in [-0.25, -0.2) is 0 Å². The molecule has 16 heavy (non-hydrogen) atoms. The van der Waals surface area contributed by atoms with Crippen LogP contribution in [-0.4, -0.2) is 32.3 Å². The van der Waals surface area contributed by atoms with Crippen molar-refractivity contribution in [3.8, 4) is 5.75 Å². The molecule has 0 aromatic heterocycles.